The summed E-state index contributed by atoms with van der Waals surface area (Å²) in [5.41, 5.74) is 2.00. The fourth-order valence-electron chi connectivity index (χ4n) is 1.90. The molecule has 1 amide bonds. The predicted octanol–water partition coefficient (Wildman–Crippen LogP) is 3.89. The molecule has 92 valence electrons. The maximum Gasteiger partial charge on any atom is 0.227 e. The fraction of sp³-hybridized carbons (Fsp3) is 0.500. The van der Waals surface area contributed by atoms with E-state index in [0.29, 0.717) is 10.9 Å². The first-order chi connectivity index (χ1) is 8.04. The SMILES string of the molecule is CC(C)Cc1cc(Cl)cc(NC(=O)C2CC2)c1. The number of carbonyl (C=O) groups excluding carboxylic acids is 1. The number of rotatable bonds is 4. The minimum atomic E-state index is 0.128. The van der Waals surface area contributed by atoms with Gasteiger partial charge in [0.15, 0.2) is 0 Å². The Morgan fingerprint density at radius 3 is 2.71 bits per heavy atom. The van der Waals surface area contributed by atoms with Crippen molar-refractivity contribution in [1.29, 1.82) is 0 Å². The molecule has 0 aliphatic heterocycles. The molecular formula is C14H18ClNO. The summed E-state index contributed by atoms with van der Waals surface area (Å²) in [7, 11) is 0. The topological polar surface area (TPSA) is 29.1 Å². The molecule has 0 heterocycles. The van der Waals surface area contributed by atoms with E-state index >= 15 is 0 Å². The summed E-state index contributed by atoms with van der Waals surface area (Å²) in [6, 6.07) is 5.80. The Morgan fingerprint density at radius 2 is 2.12 bits per heavy atom. The molecule has 1 aliphatic rings. The molecule has 0 saturated heterocycles. The third-order valence-electron chi connectivity index (χ3n) is 2.82. The number of hydrogen-bond donors (Lipinski definition) is 1. The number of amides is 1. The minimum Gasteiger partial charge on any atom is -0.326 e. The molecule has 3 heteroatoms. The van der Waals surface area contributed by atoms with Crippen LogP contribution in [0.25, 0.3) is 0 Å². The Morgan fingerprint density at radius 1 is 1.41 bits per heavy atom. The van der Waals surface area contributed by atoms with Gasteiger partial charge in [0.2, 0.25) is 5.91 Å². The van der Waals surface area contributed by atoms with Gasteiger partial charge in [0.1, 0.15) is 0 Å². The first-order valence-electron chi connectivity index (χ1n) is 6.15. The lowest BCUT2D eigenvalue weighted by molar-refractivity contribution is -0.117. The molecule has 2 rings (SSSR count). The molecule has 1 aliphatic carbocycles. The number of halogens is 1. The summed E-state index contributed by atoms with van der Waals surface area (Å²) in [5, 5.41) is 3.62. The molecule has 1 N–H and O–H groups in total. The maximum atomic E-state index is 11.7. The minimum absolute atomic E-state index is 0.128. The largest absolute Gasteiger partial charge is 0.326 e. The van der Waals surface area contributed by atoms with Crippen LogP contribution in [0.3, 0.4) is 0 Å². The number of benzene rings is 1. The Kier molecular flexibility index (Phi) is 3.72. The molecule has 17 heavy (non-hydrogen) atoms. The van der Waals surface area contributed by atoms with Gasteiger partial charge < -0.3 is 5.32 Å². The zero-order valence-electron chi connectivity index (χ0n) is 10.3. The van der Waals surface area contributed by atoms with Crippen molar-refractivity contribution in [3.05, 3.63) is 28.8 Å². The van der Waals surface area contributed by atoms with Gasteiger partial charge in [0.25, 0.3) is 0 Å². The molecule has 1 aromatic rings. The molecule has 2 nitrogen and oxygen atoms in total. The van der Waals surface area contributed by atoms with Crippen molar-refractivity contribution in [1.82, 2.24) is 0 Å². The highest BCUT2D eigenvalue weighted by Gasteiger charge is 2.29. The van der Waals surface area contributed by atoms with Crippen molar-refractivity contribution in [2.75, 3.05) is 5.32 Å². The van der Waals surface area contributed by atoms with E-state index in [4.69, 9.17) is 11.6 Å². The van der Waals surface area contributed by atoms with Crippen LogP contribution >= 0.6 is 11.6 Å². The van der Waals surface area contributed by atoms with E-state index in [2.05, 4.69) is 19.2 Å². The van der Waals surface area contributed by atoms with E-state index < -0.39 is 0 Å². The first-order valence-corrected chi connectivity index (χ1v) is 6.52. The quantitative estimate of drug-likeness (QED) is 0.864. The summed E-state index contributed by atoms with van der Waals surface area (Å²) in [4.78, 5) is 11.7. The predicted molar refractivity (Wildman–Crippen MR) is 71.3 cm³/mol. The van der Waals surface area contributed by atoms with Crippen molar-refractivity contribution in [2.45, 2.75) is 33.1 Å². The molecule has 0 spiro atoms. The lowest BCUT2D eigenvalue weighted by Crippen LogP contribution is -2.13. The smallest absolute Gasteiger partial charge is 0.227 e. The Bertz CT molecular complexity index is 424. The van der Waals surface area contributed by atoms with Gasteiger partial charge in [0.05, 0.1) is 0 Å². The second kappa shape index (κ2) is 5.09. The molecule has 0 bridgehead atoms. The number of nitrogens with one attached hydrogen (secondary N) is 1. The summed E-state index contributed by atoms with van der Waals surface area (Å²) in [6.07, 6.45) is 3.02. The lowest BCUT2D eigenvalue weighted by Gasteiger charge is -2.10. The van der Waals surface area contributed by atoms with Crippen LogP contribution in [0.1, 0.15) is 32.3 Å². The number of carbonyl (C=O) groups is 1. The second-order valence-electron chi connectivity index (χ2n) is 5.21. The third kappa shape index (κ3) is 3.74. The zero-order chi connectivity index (χ0) is 12.4. The van der Waals surface area contributed by atoms with Crippen molar-refractivity contribution in [2.24, 2.45) is 11.8 Å². The molecule has 0 aromatic heterocycles. The van der Waals surface area contributed by atoms with Gasteiger partial charge in [-0.15, -0.1) is 0 Å². The normalized spacial score (nSPS) is 15.1. The summed E-state index contributed by atoms with van der Waals surface area (Å²) in [5.74, 6) is 0.936. The van der Waals surface area contributed by atoms with Crippen LogP contribution in [0.4, 0.5) is 5.69 Å². The summed E-state index contributed by atoms with van der Waals surface area (Å²) >= 11 is 6.06. The summed E-state index contributed by atoms with van der Waals surface area (Å²) in [6.45, 7) is 4.34. The highest BCUT2D eigenvalue weighted by Crippen LogP contribution is 2.31. The average molecular weight is 252 g/mol. The molecule has 1 fully saturated rings. The third-order valence-corrected chi connectivity index (χ3v) is 3.04. The Labute approximate surface area is 107 Å². The van der Waals surface area contributed by atoms with Crippen LogP contribution in [0.15, 0.2) is 18.2 Å². The maximum absolute atomic E-state index is 11.7. The van der Waals surface area contributed by atoms with Gasteiger partial charge >= 0.3 is 0 Å². The van der Waals surface area contributed by atoms with Crippen LogP contribution in [0.2, 0.25) is 5.02 Å². The molecule has 1 saturated carbocycles. The van der Waals surface area contributed by atoms with Crippen molar-refractivity contribution >= 4 is 23.2 Å². The van der Waals surface area contributed by atoms with Crippen molar-refractivity contribution < 1.29 is 4.79 Å². The van der Waals surface area contributed by atoms with E-state index in [9.17, 15) is 4.79 Å². The van der Waals surface area contributed by atoms with Crippen LogP contribution in [-0.2, 0) is 11.2 Å². The standard InChI is InChI=1S/C14H18ClNO/c1-9(2)5-10-6-12(15)8-13(7-10)16-14(17)11-3-4-11/h6-9,11H,3-5H2,1-2H3,(H,16,17). The number of hydrogen-bond acceptors (Lipinski definition) is 1. The van der Waals surface area contributed by atoms with Gasteiger partial charge in [-0.05, 0) is 48.9 Å². The average Bonchev–Trinajstić information content (AvgIpc) is 2.97. The first kappa shape index (κ1) is 12.4. The molecular weight excluding hydrogens is 234 g/mol. The monoisotopic (exact) mass is 251 g/mol. The van der Waals surface area contributed by atoms with E-state index in [0.717, 1.165) is 24.9 Å². The zero-order valence-corrected chi connectivity index (χ0v) is 11.1. The van der Waals surface area contributed by atoms with Crippen LogP contribution in [0.5, 0.6) is 0 Å². The molecule has 0 radical (unpaired) electrons. The van der Waals surface area contributed by atoms with Crippen LogP contribution < -0.4 is 5.32 Å². The van der Waals surface area contributed by atoms with Crippen molar-refractivity contribution in [3.63, 3.8) is 0 Å². The van der Waals surface area contributed by atoms with Gasteiger partial charge in [-0.25, -0.2) is 0 Å². The molecule has 0 unspecified atom stereocenters. The second-order valence-corrected chi connectivity index (χ2v) is 5.65. The van der Waals surface area contributed by atoms with Crippen LogP contribution in [-0.4, -0.2) is 5.91 Å². The highest BCUT2D eigenvalue weighted by atomic mass is 35.5. The van der Waals surface area contributed by atoms with E-state index in [1.165, 1.54) is 5.56 Å². The fourth-order valence-corrected chi connectivity index (χ4v) is 2.16. The van der Waals surface area contributed by atoms with Crippen LogP contribution in [0, 0.1) is 11.8 Å². The van der Waals surface area contributed by atoms with E-state index in [-0.39, 0.29) is 11.8 Å². The van der Waals surface area contributed by atoms with E-state index in [1.807, 2.05) is 18.2 Å². The highest BCUT2D eigenvalue weighted by molar-refractivity contribution is 6.31. The van der Waals surface area contributed by atoms with Gasteiger partial charge in [-0.3, -0.25) is 4.79 Å². The molecule has 0 atom stereocenters. The Hall–Kier alpha value is -1.02. The number of anilines is 1. The van der Waals surface area contributed by atoms with Gasteiger partial charge in [0, 0.05) is 16.6 Å². The Balaban J connectivity index is 2.10. The van der Waals surface area contributed by atoms with Gasteiger partial charge in [-0.2, -0.15) is 0 Å². The van der Waals surface area contributed by atoms with Crippen molar-refractivity contribution in [3.8, 4) is 0 Å². The van der Waals surface area contributed by atoms with E-state index in [1.54, 1.807) is 0 Å². The lowest BCUT2D eigenvalue weighted by atomic mass is 10.0. The summed E-state index contributed by atoms with van der Waals surface area (Å²) < 4.78 is 0. The molecule has 1 aromatic carbocycles. The van der Waals surface area contributed by atoms with Gasteiger partial charge in [-0.1, -0.05) is 25.4 Å².